The Bertz CT molecular complexity index is 749. The highest BCUT2D eigenvalue weighted by Gasteiger charge is 2.23. The van der Waals surface area contributed by atoms with Gasteiger partial charge in [-0.05, 0) is 50.3 Å². The minimum atomic E-state index is -0.403. The summed E-state index contributed by atoms with van der Waals surface area (Å²) in [6, 6.07) is 8.45. The third kappa shape index (κ3) is 4.11. The standard InChI is InChI=1S/C19H25N3O4/c1-13(2)17-12-18(14(3)26-19-6-4-5-11-25-19)21(20-17)15-7-9-16(10-8-15)22(23)24/h7-10,12-14,19H,4-6,11H2,1-3H3. The summed E-state index contributed by atoms with van der Waals surface area (Å²) in [5.41, 5.74) is 2.71. The summed E-state index contributed by atoms with van der Waals surface area (Å²) in [7, 11) is 0. The van der Waals surface area contributed by atoms with Crippen LogP contribution in [0.3, 0.4) is 0 Å². The van der Waals surface area contributed by atoms with Crippen molar-refractivity contribution in [2.75, 3.05) is 6.61 Å². The second-order valence-electron chi connectivity index (χ2n) is 6.91. The number of nitro groups is 1. The summed E-state index contributed by atoms with van der Waals surface area (Å²) in [6.07, 6.45) is 2.69. The molecule has 0 spiro atoms. The van der Waals surface area contributed by atoms with Crippen LogP contribution < -0.4 is 0 Å². The van der Waals surface area contributed by atoms with Gasteiger partial charge in [-0.1, -0.05) is 13.8 Å². The number of aromatic nitrogens is 2. The highest BCUT2D eigenvalue weighted by atomic mass is 16.7. The number of nitrogens with zero attached hydrogens (tertiary/aromatic N) is 3. The first kappa shape index (κ1) is 18.5. The number of ether oxygens (including phenoxy) is 2. The molecular formula is C19H25N3O4. The molecule has 7 heteroatoms. The van der Waals surface area contributed by atoms with Crippen molar-refractivity contribution in [3.05, 3.63) is 51.8 Å². The van der Waals surface area contributed by atoms with Gasteiger partial charge in [-0.25, -0.2) is 4.68 Å². The van der Waals surface area contributed by atoms with E-state index in [2.05, 4.69) is 13.8 Å². The molecule has 1 aromatic carbocycles. The molecule has 2 unspecified atom stereocenters. The highest BCUT2D eigenvalue weighted by Crippen LogP contribution is 2.28. The van der Waals surface area contributed by atoms with E-state index < -0.39 is 4.92 Å². The number of non-ortho nitro benzene ring substituents is 1. The summed E-state index contributed by atoms with van der Waals surface area (Å²) < 4.78 is 13.6. The quantitative estimate of drug-likeness (QED) is 0.560. The molecule has 140 valence electrons. The molecule has 2 aromatic rings. The Hall–Kier alpha value is -2.25. The van der Waals surface area contributed by atoms with Crippen molar-refractivity contribution in [1.82, 2.24) is 9.78 Å². The van der Waals surface area contributed by atoms with Crippen molar-refractivity contribution >= 4 is 5.69 Å². The Labute approximate surface area is 153 Å². The number of benzene rings is 1. The van der Waals surface area contributed by atoms with E-state index in [0.29, 0.717) is 0 Å². The molecule has 1 aliphatic heterocycles. The second-order valence-corrected chi connectivity index (χ2v) is 6.91. The van der Waals surface area contributed by atoms with E-state index >= 15 is 0 Å². The molecule has 0 amide bonds. The third-order valence-electron chi connectivity index (χ3n) is 4.56. The van der Waals surface area contributed by atoms with E-state index in [1.165, 1.54) is 12.1 Å². The van der Waals surface area contributed by atoms with Crippen LogP contribution in [0.4, 0.5) is 5.69 Å². The van der Waals surface area contributed by atoms with Crippen LogP contribution in [0, 0.1) is 10.1 Å². The molecule has 1 fully saturated rings. The molecule has 0 N–H and O–H groups in total. The van der Waals surface area contributed by atoms with Gasteiger partial charge in [0.15, 0.2) is 6.29 Å². The van der Waals surface area contributed by atoms with Crippen LogP contribution in [0.5, 0.6) is 0 Å². The largest absolute Gasteiger partial charge is 0.353 e. The van der Waals surface area contributed by atoms with Crippen LogP contribution in [-0.2, 0) is 9.47 Å². The van der Waals surface area contributed by atoms with Gasteiger partial charge in [0.05, 0.1) is 28.1 Å². The van der Waals surface area contributed by atoms with Gasteiger partial charge in [-0.3, -0.25) is 10.1 Å². The molecule has 2 atom stereocenters. The lowest BCUT2D eigenvalue weighted by molar-refractivity contribution is -0.384. The van der Waals surface area contributed by atoms with Gasteiger partial charge in [0.25, 0.3) is 5.69 Å². The topological polar surface area (TPSA) is 79.4 Å². The van der Waals surface area contributed by atoms with Gasteiger partial charge in [0.2, 0.25) is 0 Å². The minimum absolute atomic E-state index is 0.0615. The predicted octanol–water partition coefficient (Wildman–Crippen LogP) is 4.51. The van der Waals surface area contributed by atoms with Crippen LogP contribution >= 0.6 is 0 Å². The zero-order valence-electron chi connectivity index (χ0n) is 15.4. The van der Waals surface area contributed by atoms with E-state index in [4.69, 9.17) is 14.6 Å². The fraction of sp³-hybridized carbons (Fsp3) is 0.526. The monoisotopic (exact) mass is 359 g/mol. The lowest BCUT2D eigenvalue weighted by atomic mass is 10.1. The molecule has 0 aliphatic carbocycles. The Kier molecular flexibility index (Phi) is 5.68. The van der Waals surface area contributed by atoms with E-state index in [1.54, 1.807) is 12.1 Å². The van der Waals surface area contributed by atoms with Crippen molar-refractivity contribution in [3.63, 3.8) is 0 Å². The number of hydrogen-bond acceptors (Lipinski definition) is 5. The summed E-state index contributed by atoms with van der Waals surface area (Å²) in [5, 5.41) is 15.6. The van der Waals surface area contributed by atoms with Crippen molar-refractivity contribution < 1.29 is 14.4 Å². The molecule has 2 heterocycles. The van der Waals surface area contributed by atoms with Crippen molar-refractivity contribution in [2.45, 2.75) is 58.3 Å². The third-order valence-corrected chi connectivity index (χ3v) is 4.56. The smallest absolute Gasteiger partial charge is 0.269 e. The first-order valence-corrected chi connectivity index (χ1v) is 9.07. The fourth-order valence-electron chi connectivity index (χ4n) is 3.02. The first-order valence-electron chi connectivity index (χ1n) is 9.07. The molecule has 0 bridgehead atoms. The van der Waals surface area contributed by atoms with Gasteiger partial charge >= 0.3 is 0 Å². The van der Waals surface area contributed by atoms with Crippen LogP contribution in [0.25, 0.3) is 5.69 Å². The normalized spacial score (nSPS) is 18.8. The number of hydrogen-bond donors (Lipinski definition) is 0. The van der Waals surface area contributed by atoms with Gasteiger partial charge in [-0.2, -0.15) is 5.10 Å². The Morgan fingerprint density at radius 1 is 1.27 bits per heavy atom. The second kappa shape index (κ2) is 7.97. The van der Waals surface area contributed by atoms with Gasteiger partial charge in [-0.15, -0.1) is 0 Å². The molecule has 1 saturated heterocycles. The van der Waals surface area contributed by atoms with Crippen LogP contribution in [-0.4, -0.2) is 27.6 Å². The SMILES string of the molecule is CC(C)c1cc(C(C)OC2CCCCO2)n(-c2ccc([N+](=O)[O-])cc2)n1. The fourth-order valence-corrected chi connectivity index (χ4v) is 3.02. The van der Waals surface area contributed by atoms with Crippen LogP contribution in [0.1, 0.15) is 63.4 Å². The summed E-state index contributed by atoms with van der Waals surface area (Å²) in [4.78, 5) is 10.5. The van der Waals surface area contributed by atoms with E-state index in [9.17, 15) is 10.1 Å². The maximum Gasteiger partial charge on any atom is 0.269 e. The molecule has 0 saturated carbocycles. The molecule has 26 heavy (non-hydrogen) atoms. The predicted molar refractivity (Wildman–Crippen MR) is 97.4 cm³/mol. The number of rotatable bonds is 6. The molecule has 7 nitrogen and oxygen atoms in total. The van der Waals surface area contributed by atoms with Gasteiger partial charge in [0.1, 0.15) is 0 Å². The van der Waals surface area contributed by atoms with Crippen molar-refractivity contribution in [3.8, 4) is 5.69 Å². The highest BCUT2D eigenvalue weighted by molar-refractivity contribution is 5.42. The minimum Gasteiger partial charge on any atom is -0.353 e. The maximum absolute atomic E-state index is 10.9. The molecule has 1 aromatic heterocycles. The molecule has 0 radical (unpaired) electrons. The average molecular weight is 359 g/mol. The maximum atomic E-state index is 10.9. The van der Waals surface area contributed by atoms with Crippen molar-refractivity contribution in [1.29, 1.82) is 0 Å². The van der Waals surface area contributed by atoms with Crippen molar-refractivity contribution in [2.24, 2.45) is 0 Å². The zero-order valence-corrected chi connectivity index (χ0v) is 15.4. The summed E-state index contributed by atoms with van der Waals surface area (Å²) in [6.45, 7) is 6.89. The van der Waals surface area contributed by atoms with E-state index in [-0.39, 0.29) is 24.0 Å². The van der Waals surface area contributed by atoms with Gasteiger partial charge in [0, 0.05) is 18.7 Å². The first-order chi connectivity index (χ1) is 12.5. The Balaban J connectivity index is 1.89. The van der Waals surface area contributed by atoms with Crippen LogP contribution in [0.15, 0.2) is 30.3 Å². The van der Waals surface area contributed by atoms with E-state index in [1.807, 2.05) is 17.7 Å². The summed E-state index contributed by atoms with van der Waals surface area (Å²) >= 11 is 0. The molecular weight excluding hydrogens is 334 g/mol. The summed E-state index contributed by atoms with van der Waals surface area (Å²) in [5.74, 6) is 0.270. The lowest BCUT2D eigenvalue weighted by Crippen LogP contribution is -2.24. The average Bonchev–Trinajstić information content (AvgIpc) is 3.08. The molecule has 1 aliphatic rings. The Morgan fingerprint density at radius 2 is 2.00 bits per heavy atom. The number of nitro benzene ring substituents is 1. The Morgan fingerprint density at radius 3 is 2.58 bits per heavy atom. The van der Waals surface area contributed by atoms with E-state index in [0.717, 1.165) is 42.9 Å². The van der Waals surface area contributed by atoms with Crippen LogP contribution in [0.2, 0.25) is 0 Å². The van der Waals surface area contributed by atoms with Gasteiger partial charge < -0.3 is 9.47 Å². The zero-order chi connectivity index (χ0) is 18.7. The lowest BCUT2D eigenvalue weighted by Gasteiger charge is -2.26. The molecule has 3 rings (SSSR count).